The SMILES string of the molecule is CCCCOC[C@H]1CC[C@H](c2ccc(C#N)cc2)CC1. The Morgan fingerprint density at radius 1 is 1.15 bits per heavy atom. The van der Waals surface area contributed by atoms with Crippen molar-refractivity contribution in [3.05, 3.63) is 35.4 Å². The highest BCUT2D eigenvalue weighted by Gasteiger charge is 2.22. The average Bonchev–Trinajstić information content (AvgIpc) is 2.52. The maximum atomic E-state index is 8.83. The standard InChI is InChI=1S/C18H25NO/c1-2-3-12-20-14-16-6-10-18(11-7-16)17-8-4-15(13-19)5-9-17/h4-5,8-9,16,18H,2-3,6-7,10-12,14H2,1H3/t16-,18-. The van der Waals surface area contributed by atoms with Crippen LogP contribution >= 0.6 is 0 Å². The van der Waals surface area contributed by atoms with Crippen molar-refractivity contribution < 1.29 is 4.74 Å². The Hall–Kier alpha value is -1.33. The summed E-state index contributed by atoms with van der Waals surface area (Å²) in [5, 5.41) is 8.83. The molecule has 0 atom stereocenters. The van der Waals surface area contributed by atoms with Gasteiger partial charge in [0.1, 0.15) is 0 Å². The van der Waals surface area contributed by atoms with Crippen LogP contribution in [0.4, 0.5) is 0 Å². The molecule has 0 aliphatic heterocycles. The quantitative estimate of drug-likeness (QED) is 0.706. The zero-order valence-electron chi connectivity index (χ0n) is 12.5. The lowest BCUT2D eigenvalue weighted by atomic mass is 9.79. The summed E-state index contributed by atoms with van der Waals surface area (Å²) in [6.45, 7) is 4.07. The molecule has 0 unspecified atom stereocenters. The second-order valence-electron chi connectivity index (χ2n) is 5.88. The Morgan fingerprint density at radius 3 is 2.45 bits per heavy atom. The monoisotopic (exact) mass is 271 g/mol. The van der Waals surface area contributed by atoms with E-state index in [4.69, 9.17) is 10.00 Å². The predicted molar refractivity (Wildman–Crippen MR) is 81.6 cm³/mol. The molecule has 0 saturated heterocycles. The maximum Gasteiger partial charge on any atom is 0.0991 e. The highest BCUT2D eigenvalue weighted by Crippen LogP contribution is 2.35. The van der Waals surface area contributed by atoms with E-state index in [1.54, 1.807) is 0 Å². The van der Waals surface area contributed by atoms with Crippen molar-refractivity contribution in [3.63, 3.8) is 0 Å². The number of benzene rings is 1. The molecule has 1 aromatic carbocycles. The van der Waals surface area contributed by atoms with Crippen LogP contribution in [0.2, 0.25) is 0 Å². The molecule has 1 fully saturated rings. The van der Waals surface area contributed by atoms with Crippen LogP contribution in [0.5, 0.6) is 0 Å². The molecule has 2 rings (SSSR count). The maximum absolute atomic E-state index is 8.83. The summed E-state index contributed by atoms with van der Waals surface area (Å²) in [5.74, 6) is 1.43. The zero-order chi connectivity index (χ0) is 14.2. The van der Waals surface area contributed by atoms with Gasteiger partial charge in [0, 0.05) is 13.2 Å². The molecule has 0 N–H and O–H groups in total. The van der Waals surface area contributed by atoms with Crippen LogP contribution in [0.25, 0.3) is 0 Å². The lowest BCUT2D eigenvalue weighted by molar-refractivity contribution is 0.0808. The number of nitrogens with zero attached hydrogens (tertiary/aromatic N) is 1. The van der Waals surface area contributed by atoms with Crippen molar-refractivity contribution in [2.45, 2.75) is 51.4 Å². The first-order valence-electron chi connectivity index (χ1n) is 7.91. The largest absolute Gasteiger partial charge is 0.381 e. The van der Waals surface area contributed by atoms with Crippen LogP contribution in [0.15, 0.2) is 24.3 Å². The summed E-state index contributed by atoms with van der Waals surface area (Å²) < 4.78 is 5.75. The molecule has 0 spiro atoms. The van der Waals surface area contributed by atoms with Gasteiger partial charge in [0.15, 0.2) is 0 Å². The van der Waals surface area contributed by atoms with E-state index in [2.05, 4.69) is 25.1 Å². The summed E-state index contributed by atoms with van der Waals surface area (Å²) in [6, 6.07) is 10.3. The lowest BCUT2D eigenvalue weighted by Crippen LogP contribution is -2.18. The van der Waals surface area contributed by atoms with Gasteiger partial charge in [-0.1, -0.05) is 25.5 Å². The molecule has 0 bridgehead atoms. The van der Waals surface area contributed by atoms with Crippen molar-refractivity contribution >= 4 is 0 Å². The Kier molecular flexibility index (Phi) is 6.08. The highest BCUT2D eigenvalue weighted by atomic mass is 16.5. The van der Waals surface area contributed by atoms with Crippen LogP contribution in [0.3, 0.4) is 0 Å². The van der Waals surface area contributed by atoms with Crippen LogP contribution < -0.4 is 0 Å². The predicted octanol–water partition coefficient (Wildman–Crippen LogP) is 4.65. The zero-order valence-corrected chi connectivity index (χ0v) is 12.5. The Labute approximate surface area is 122 Å². The first-order chi connectivity index (χ1) is 9.83. The first-order valence-corrected chi connectivity index (χ1v) is 7.91. The van der Waals surface area contributed by atoms with Crippen molar-refractivity contribution in [3.8, 4) is 6.07 Å². The van der Waals surface area contributed by atoms with E-state index in [9.17, 15) is 0 Å². The third-order valence-corrected chi connectivity index (χ3v) is 4.35. The van der Waals surface area contributed by atoms with Crippen molar-refractivity contribution in [2.75, 3.05) is 13.2 Å². The van der Waals surface area contributed by atoms with Crippen LogP contribution in [-0.4, -0.2) is 13.2 Å². The van der Waals surface area contributed by atoms with E-state index in [0.29, 0.717) is 5.92 Å². The van der Waals surface area contributed by atoms with Crippen molar-refractivity contribution in [1.29, 1.82) is 5.26 Å². The van der Waals surface area contributed by atoms with Gasteiger partial charge in [-0.05, 0) is 61.6 Å². The second-order valence-corrected chi connectivity index (χ2v) is 5.88. The summed E-state index contributed by atoms with van der Waals surface area (Å²) in [5.41, 5.74) is 2.15. The molecule has 1 aliphatic carbocycles. The molecule has 108 valence electrons. The molecule has 0 amide bonds. The molecule has 1 aromatic rings. The van der Waals surface area contributed by atoms with Gasteiger partial charge in [-0.2, -0.15) is 5.26 Å². The molecule has 2 nitrogen and oxygen atoms in total. The second kappa shape index (κ2) is 8.07. The minimum absolute atomic E-state index is 0.676. The molecule has 0 aromatic heterocycles. The Morgan fingerprint density at radius 2 is 1.85 bits per heavy atom. The third-order valence-electron chi connectivity index (χ3n) is 4.35. The van der Waals surface area contributed by atoms with Crippen LogP contribution in [-0.2, 0) is 4.74 Å². The Bertz CT molecular complexity index is 424. The van der Waals surface area contributed by atoms with E-state index in [-0.39, 0.29) is 0 Å². The molecule has 1 saturated carbocycles. The molecular formula is C18H25NO. The van der Waals surface area contributed by atoms with Gasteiger partial charge >= 0.3 is 0 Å². The van der Waals surface area contributed by atoms with Gasteiger partial charge in [0.05, 0.1) is 11.6 Å². The number of hydrogen-bond acceptors (Lipinski definition) is 2. The van der Waals surface area contributed by atoms with Gasteiger partial charge in [-0.15, -0.1) is 0 Å². The summed E-state index contributed by atoms with van der Waals surface area (Å²) in [6.07, 6.45) is 7.46. The van der Waals surface area contributed by atoms with Crippen LogP contribution in [0, 0.1) is 17.2 Å². The van der Waals surface area contributed by atoms with E-state index < -0.39 is 0 Å². The summed E-state index contributed by atoms with van der Waals surface area (Å²) in [4.78, 5) is 0. The molecule has 1 aliphatic rings. The molecule has 2 heteroatoms. The molecule has 0 radical (unpaired) electrons. The van der Waals surface area contributed by atoms with E-state index in [0.717, 1.165) is 24.7 Å². The van der Waals surface area contributed by atoms with E-state index >= 15 is 0 Å². The number of nitriles is 1. The lowest BCUT2D eigenvalue weighted by Gasteiger charge is -2.28. The van der Waals surface area contributed by atoms with Crippen molar-refractivity contribution in [2.24, 2.45) is 5.92 Å². The first kappa shape index (κ1) is 15.1. The molecule has 0 heterocycles. The fourth-order valence-corrected chi connectivity index (χ4v) is 2.99. The number of rotatable bonds is 6. The number of hydrogen-bond donors (Lipinski definition) is 0. The number of ether oxygens (including phenoxy) is 1. The third kappa shape index (κ3) is 4.35. The molecule has 20 heavy (non-hydrogen) atoms. The van der Waals surface area contributed by atoms with Crippen LogP contribution in [0.1, 0.15) is 62.5 Å². The highest BCUT2D eigenvalue weighted by molar-refractivity contribution is 5.33. The Balaban J connectivity index is 1.74. The minimum atomic E-state index is 0.676. The van der Waals surface area contributed by atoms with Gasteiger partial charge in [-0.25, -0.2) is 0 Å². The summed E-state index contributed by atoms with van der Waals surface area (Å²) >= 11 is 0. The molecular weight excluding hydrogens is 246 g/mol. The minimum Gasteiger partial charge on any atom is -0.381 e. The van der Waals surface area contributed by atoms with E-state index in [1.165, 1.54) is 44.1 Å². The van der Waals surface area contributed by atoms with E-state index in [1.807, 2.05) is 12.1 Å². The van der Waals surface area contributed by atoms with Gasteiger partial charge in [0.2, 0.25) is 0 Å². The fraction of sp³-hybridized carbons (Fsp3) is 0.611. The topological polar surface area (TPSA) is 33.0 Å². The smallest absolute Gasteiger partial charge is 0.0991 e. The summed E-state index contributed by atoms with van der Waals surface area (Å²) in [7, 11) is 0. The average molecular weight is 271 g/mol. The van der Waals surface area contributed by atoms with Gasteiger partial charge in [-0.3, -0.25) is 0 Å². The fourth-order valence-electron chi connectivity index (χ4n) is 2.99. The number of unbranched alkanes of at least 4 members (excludes halogenated alkanes) is 1. The normalized spacial score (nSPS) is 22.4. The van der Waals surface area contributed by atoms with Gasteiger partial charge in [0.25, 0.3) is 0 Å². The van der Waals surface area contributed by atoms with Crippen molar-refractivity contribution in [1.82, 2.24) is 0 Å². The van der Waals surface area contributed by atoms with Gasteiger partial charge < -0.3 is 4.74 Å².